The van der Waals surface area contributed by atoms with Crippen LogP contribution in [0.3, 0.4) is 0 Å². The summed E-state index contributed by atoms with van der Waals surface area (Å²) in [6, 6.07) is 8.47. The van der Waals surface area contributed by atoms with E-state index < -0.39 is 11.1 Å². The van der Waals surface area contributed by atoms with Gasteiger partial charge in [-0.05, 0) is 17.1 Å². The van der Waals surface area contributed by atoms with Gasteiger partial charge in [0.2, 0.25) is 0 Å². The van der Waals surface area contributed by atoms with Crippen LogP contribution in [0.2, 0.25) is 0 Å². The number of hydrogen-bond donors (Lipinski definition) is 0. The van der Waals surface area contributed by atoms with Gasteiger partial charge in [-0.3, -0.25) is 0 Å². The Kier molecular flexibility index (Phi) is 4.50. The number of ether oxygens (including phenoxy) is 2. The van der Waals surface area contributed by atoms with Gasteiger partial charge in [-0.25, -0.2) is 14.3 Å². The summed E-state index contributed by atoms with van der Waals surface area (Å²) < 4.78 is 11.2. The number of nitrogens with zero attached hydrogens (tertiary/aromatic N) is 3. The predicted molar refractivity (Wildman–Crippen MR) is 72.0 cm³/mol. The van der Waals surface area contributed by atoms with E-state index >= 15 is 0 Å². The summed E-state index contributed by atoms with van der Waals surface area (Å²) in [6.45, 7) is 1.71. The minimum Gasteiger partial charge on any atom is -0.430 e. The Morgan fingerprint density at radius 3 is 2.76 bits per heavy atom. The van der Waals surface area contributed by atoms with Gasteiger partial charge in [0.05, 0.1) is 0 Å². The van der Waals surface area contributed by atoms with Gasteiger partial charge in [-0.2, -0.15) is 0 Å². The van der Waals surface area contributed by atoms with Gasteiger partial charge in [0.15, 0.2) is 5.82 Å². The first-order valence-corrected chi connectivity index (χ1v) is 6.14. The van der Waals surface area contributed by atoms with Crippen LogP contribution in [0.5, 0.6) is 5.75 Å². The van der Waals surface area contributed by atoms with Crippen molar-refractivity contribution in [2.24, 2.45) is 0 Å². The maximum absolute atomic E-state index is 11.4. The number of imidazole rings is 1. The summed E-state index contributed by atoms with van der Waals surface area (Å²) >= 11 is 0. The van der Waals surface area contributed by atoms with Gasteiger partial charge in [0, 0.05) is 6.92 Å². The quantitative estimate of drug-likeness (QED) is 0.363. The number of hydrogen-bond acceptors (Lipinski definition) is 6. The monoisotopic (exact) mass is 291 g/mol. The molecule has 0 atom stereocenters. The highest BCUT2D eigenvalue weighted by molar-refractivity contribution is 5.63. The van der Waals surface area contributed by atoms with Crippen molar-refractivity contribution in [3.05, 3.63) is 52.5 Å². The van der Waals surface area contributed by atoms with Crippen molar-refractivity contribution in [2.75, 3.05) is 6.61 Å². The van der Waals surface area contributed by atoms with Crippen molar-refractivity contribution in [1.82, 2.24) is 9.55 Å². The summed E-state index contributed by atoms with van der Waals surface area (Å²) in [7, 11) is 0. The zero-order chi connectivity index (χ0) is 15.2. The molecule has 21 heavy (non-hydrogen) atoms. The van der Waals surface area contributed by atoms with E-state index in [1.165, 1.54) is 4.57 Å². The van der Waals surface area contributed by atoms with Gasteiger partial charge in [-0.1, -0.05) is 18.2 Å². The Bertz CT molecular complexity index is 639. The summed E-state index contributed by atoms with van der Waals surface area (Å²) in [5.41, 5.74) is 0. The van der Waals surface area contributed by atoms with Crippen LogP contribution in [-0.2, 0) is 11.3 Å². The first-order chi connectivity index (χ1) is 10.1. The first-order valence-electron chi connectivity index (χ1n) is 6.14. The fourth-order valence-corrected chi connectivity index (χ4v) is 1.71. The molecule has 0 aliphatic heterocycles. The van der Waals surface area contributed by atoms with Crippen LogP contribution in [-0.4, -0.2) is 27.2 Å². The number of aryl methyl sites for hydroxylation is 1. The Morgan fingerprint density at radius 2 is 2.10 bits per heavy atom. The number of aromatic nitrogens is 2. The van der Waals surface area contributed by atoms with E-state index in [1.54, 1.807) is 37.3 Å². The maximum atomic E-state index is 11.4. The average Bonchev–Trinajstić information content (AvgIpc) is 2.81. The highest BCUT2D eigenvalue weighted by atomic mass is 16.7. The molecule has 8 heteroatoms. The highest BCUT2D eigenvalue weighted by Gasteiger charge is 2.17. The number of carbonyl (C=O) groups is 1. The van der Waals surface area contributed by atoms with Crippen molar-refractivity contribution in [1.29, 1.82) is 0 Å². The molecule has 110 valence electrons. The smallest absolute Gasteiger partial charge is 0.430 e. The van der Waals surface area contributed by atoms with Gasteiger partial charge >= 0.3 is 12.0 Å². The van der Waals surface area contributed by atoms with E-state index in [2.05, 4.69) is 4.98 Å². The molecular weight excluding hydrogens is 278 g/mol. The average molecular weight is 291 g/mol. The summed E-state index contributed by atoms with van der Waals surface area (Å²) in [6.07, 6.45) is 0.305. The molecule has 0 aliphatic carbocycles. The molecule has 0 saturated heterocycles. The Labute approximate surface area is 120 Å². The van der Waals surface area contributed by atoms with E-state index in [4.69, 9.17) is 9.47 Å². The van der Waals surface area contributed by atoms with Gasteiger partial charge in [-0.15, -0.1) is 0 Å². The Hall–Kier alpha value is -2.90. The number of rotatable bonds is 5. The van der Waals surface area contributed by atoms with E-state index in [9.17, 15) is 14.9 Å². The Morgan fingerprint density at radius 1 is 1.38 bits per heavy atom. The molecule has 0 spiro atoms. The number of nitro groups is 1. The summed E-state index contributed by atoms with van der Waals surface area (Å²) in [5.74, 6) is 0.696. The lowest BCUT2D eigenvalue weighted by Gasteiger charge is -2.06. The molecule has 0 aliphatic rings. The molecule has 2 aromatic rings. The molecule has 1 aromatic heterocycles. The van der Waals surface area contributed by atoms with Crippen LogP contribution in [0, 0.1) is 17.0 Å². The SMILES string of the molecule is Cc1ncc([N+](=O)[O-])n1CCOC(=O)Oc1ccccc1. The van der Waals surface area contributed by atoms with Crippen LogP contribution in [0.15, 0.2) is 36.5 Å². The second-order valence-corrected chi connectivity index (χ2v) is 4.09. The molecule has 1 aromatic carbocycles. The fraction of sp³-hybridized carbons (Fsp3) is 0.231. The van der Waals surface area contributed by atoms with Crippen LogP contribution in [0.1, 0.15) is 5.82 Å². The lowest BCUT2D eigenvalue weighted by atomic mass is 10.3. The minimum absolute atomic E-state index is 0.0519. The standard InChI is InChI=1S/C13H13N3O5/c1-10-14-9-12(16(18)19)15(10)7-8-20-13(17)21-11-5-3-2-4-6-11/h2-6,9H,7-8H2,1H3. The maximum Gasteiger partial charge on any atom is 0.513 e. The molecule has 1 heterocycles. The third kappa shape index (κ3) is 3.78. The lowest BCUT2D eigenvalue weighted by molar-refractivity contribution is -0.392. The zero-order valence-electron chi connectivity index (χ0n) is 11.3. The summed E-state index contributed by atoms with van der Waals surface area (Å²) in [4.78, 5) is 25.5. The van der Waals surface area contributed by atoms with Gasteiger partial charge < -0.3 is 19.6 Å². The van der Waals surface area contributed by atoms with Crippen molar-refractivity contribution in [3.63, 3.8) is 0 Å². The van der Waals surface area contributed by atoms with Crippen LogP contribution >= 0.6 is 0 Å². The van der Waals surface area contributed by atoms with Crippen molar-refractivity contribution < 1.29 is 19.2 Å². The molecule has 0 bridgehead atoms. The first kappa shape index (κ1) is 14.5. The zero-order valence-corrected chi connectivity index (χ0v) is 11.3. The van der Waals surface area contributed by atoms with E-state index in [0.717, 1.165) is 6.20 Å². The van der Waals surface area contributed by atoms with Crippen molar-refractivity contribution in [3.8, 4) is 5.75 Å². The number of para-hydroxylation sites is 1. The molecule has 0 saturated carbocycles. The Balaban J connectivity index is 1.86. The lowest BCUT2D eigenvalue weighted by Crippen LogP contribution is -2.16. The molecular formula is C13H13N3O5. The second kappa shape index (κ2) is 6.51. The molecule has 0 N–H and O–H groups in total. The molecule has 0 unspecified atom stereocenters. The molecule has 0 amide bonds. The molecule has 8 nitrogen and oxygen atoms in total. The normalized spacial score (nSPS) is 10.1. The van der Waals surface area contributed by atoms with Gasteiger partial charge in [0.25, 0.3) is 0 Å². The number of carbonyl (C=O) groups excluding carboxylic acids is 1. The van der Waals surface area contributed by atoms with E-state index in [-0.39, 0.29) is 19.0 Å². The topological polar surface area (TPSA) is 96.5 Å². The van der Waals surface area contributed by atoms with E-state index in [0.29, 0.717) is 11.6 Å². The van der Waals surface area contributed by atoms with Crippen LogP contribution in [0.25, 0.3) is 0 Å². The second-order valence-electron chi connectivity index (χ2n) is 4.09. The summed E-state index contributed by atoms with van der Waals surface area (Å²) in [5, 5.41) is 10.8. The van der Waals surface area contributed by atoms with E-state index in [1.807, 2.05) is 0 Å². The van der Waals surface area contributed by atoms with Crippen molar-refractivity contribution in [2.45, 2.75) is 13.5 Å². The van der Waals surface area contributed by atoms with Crippen LogP contribution in [0.4, 0.5) is 10.6 Å². The third-order valence-electron chi connectivity index (χ3n) is 2.70. The molecule has 0 radical (unpaired) electrons. The third-order valence-corrected chi connectivity index (χ3v) is 2.70. The fourth-order valence-electron chi connectivity index (χ4n) is 1.71. The number of benzene rings is 1. The minimum atomic E-state index is -0.860. The molecule has 0 fully saturated rings. The predicted octanol–water partition coefficient (Wildman–Crippen LogP) is 2.32. The van der Waals surface area contributed by atoms with Gasteiger partial charge in [0.1, 0.15) is 25.1 Å². The van der Waals surface area contributed by atoms with Crippen LogP contribution < -0.4 is 4.74 Å². The van der Waals surface area contributed by atoms with Crippen molar-refractivity contribution >= 4 is 12.0 Å². The highest BCUT2D eigenvalue weighted by Crippen LogP contribution is 2.13. The molecule has 2 rings (SSSR count). The largest absolute Gasteiger partial charge is 0.513 e.